The summed E-state index contributed by atoms with van der Waals surface area (Å²) in [6, 6.07) is 21.9. The standard InChI is InChI=1S/C25H22N6O2/c1-3-22-26-21-10-6-9-20(25(32)33-2)23(21)31(22)15-16-11-13-17(14-12-16)18-7-4-5-8-19(18)24-27-29-30-28-24/h4-14H,3,15H2,1-2H3,(H,27,28,29,30). The number of carbonyl (C=O) groups is 1. The van der Waals surface area contributed by atoms with E-state index < -0.39 is 0 Å². The fourth-order valence-corrected chi connectivity index (χ4v) is 4.14. The summed E-state index contributed by atoms with van der Waals surface area (Å²) >= 11 is 0. The van der Waals surface area contributed by atoms with Crippen molar-refractivity contribution in [2.24, 2.45) is 0 Å². The minimum Gasteiger partial charge on any atom is -0.465 e. The zero-order chi connectivity index (χ0) is 22.8. The van der Waals surface area contributed by atoms with Gasteiger partial charge in [-0.2, -0.15) is 0 Å². The zero-order valence-electron chi connectivity index (χ0n) is 18.3. The molecule has 0 fully saturated rings. The van der Waals surface area contributed by atoms with Crippen LogP contribution in [0.1, 0.15) is 28.7 Å². The number of ether oxygens (including phenoxy) is 1. The maximum absolute atomic E-state index is 12.4. The van der Waals surface area contributed by atoms with Gasteiger partial charge >= 0.3 is 5.97 Å². The lowest BCUT2D eigenvalue weighted by molar-refractivity contribution is 0.0602. The molecule has 0 aliphatic rings. The number of nitrogens with zero attached hydrogens (tertiary/aromatic N) is 5. The number of hydrogen-bond acceptors (Lipinski definition) is 6. The molecule has 0 atom stereocenters. The van der Waals surface area contributed by atoms with E-state index in [1.807, 2.05) is 36.4 Å². The third-order valence-electron chi connectivity index (χ3n) is 5.70. The van der Waals surface area contributed by atoms with Crippen LogP contribution in [0, 0.1) is 0 Å². The molecule has 164 valence electrons. The van der Waals surface area contributed by atoms with E-state index in [1.54, 1.807) is 6.07 Å². The highest BCUT2D eigenvalue weighted by Crippen LogP contribution is 2.30. The van der Waals surface area contributed by atoms with Crippen molar-refractivity contribution in [3.8, 4) is 22.5 Å². The van der Waals surface area contributed by atoms with Crippen LogP contribution in [0.15, 0.2) is 66.7 Å². The van der Waals surface area contributed by atoms with Gasteiger partial charge in [-0.05, 0) is 39.2 Å². The van der Waals surface area contributed by atoms with Crippen molar-refractivity contribution in [2.75, 3.05) is 7.11 Å². The first-order chi connectivity index (χ1) is 16.2. The average molecular weight is 438 g/mol. The van der Waals surface area contributed by atoms with E-state index in [9.17, 15) is 4.79 Å². The molecule has 0 saturated carbocycles. The first kappa shape index (κ1) is 20.6. The molecule has 8 heteroatoms. The molecule has 5 rings (SSSR count). The molecule has 0 aliphatic heterocycles. The van der Waals surface area contributed by atoms with Crippen molar-refractivity contribution < 1.29 is 9.53 Å². The third kappa shape index (κ3) is 3.76. The van der Waals surface area contributed by atoms with E-state index in [0.29, 0.717) is 17.9 Å². The molecular formula is C25H22N6O2. The van der Waals surface area contributed by atoms with E-state index in [1.165, 1.54) is 7.11 Å². The maximum atomic E-state index is 12.4. The predicted molar refractivity (Wildman–Crippen MR) is 125 cm³/mol. The molecule has 0 amide bonds. The number of rotatable bonds is 6. The lowest BCUT2D eigenvalue weighted by atomic mass is 9.98. The van der Waals surface area contributed by atoms with Crippen LogP contribution in [0.5, 0.6) is 0 Å². The number of aromatic nitrogens is 6. The number of hydrogen-bond donors (Lipinski definition) is 1. The molecule has 1 N–H and O–H groups in total. The highest BCUT2D eigenvalue weighted by Gasteiger charge is 2.18. The molecule has 2 heterocycles. The number of carbonyl (C=O) groups excluding carboxylic acids is 1. The smallest absolute Gasteiger partial charge is 0.340 e. The van der Waals surface area contributed by atoms with Crippen molar-refractivity contribution in [3.05, 3.63) is 83.7 Å². The Kier molecular flexibility index (Phi) is 5.40. The summed E-state index contributed by atoms with van der Waals surface area (Å²) in [7, 11) is 1.40. The van der Waals surface area contributed by atoms with Crippen molar-refractivity contribution in [2.45, 2.75) is 19.9 Å². The number of esters is 1. The molecule has 0 spiro atoms. The second kappa shape index (κ2) is 8.66. The van der Waals surface area contributed by atoms with Gasteiger partial charge in [-0.15, -0.1) is 5.10 Å². The topological polar surface area (TPSA) is 98.6 Å². The first-order valence-corrected chi connectivity index (χ1v) is 10.7. The Labute approximate surface area is 190 Å². The normalized spacial score (nSPS) is 11.1. The van der Waals surface area contributed by atoms with Crippen LogP contribution < -0.4 is 0 Å². The van der Waals surface area contributed by atoms with E-state index in [0.717, 1.165) is 45.5 Å². The summed E-state index contributed by atoms with van der Waals surface area (Å²) in [5, 5.41) is 14.3. The summed E-state index contributed by atoms with van der Waals surface area (Å²) < 4.78 is 7.10. The fourth-order valence-electron chi connectivity index (χ4n) is 4.14. The molecule has 5 aromatic rings. The van der Waals surface area contributed by atoms with Crippen LogP contribution >= 0.6 is 0 Å². The predicted octanol–water partition coefficient (Wildman–Crippen LogP) is 4.28. The Bertz CT molecular complexity index is 1420. The Morgan fingerprint density at radius 2 is 1.79 bits per heavy atom. The number of tetrazole rings is 1. The van der Waals surface area contributed by atoms with Gasteiger partial charge in [0.05, 0.1) is 23.7 Å². The molecular weight excluding hydrogens is 416 g/mol. The lowest BCUT2D eigenvalue weighted by Gasteiger charge is -2.12. The molecule has 0 unspecified atom stereocenters. The van der Waals surface area contributed by atoms with E-state index in [-0.39, 0.29) is 5.97 Å². The Morgan fingerprint density at radius 1 is 1.00 bits per heavy atom. The van der Waals surface area contributed by atoms with Gasteiger partial charge in [-0.25, -0.2) is 14.9 Å². The van der Waals surface area contributed by atoms with Crippen LogP contribution in [-0.2, 0) is 17.7 Å². The van der Waals surface area contributed by atoms with Crippen molar-refractivity contribution in [1.82, 2.24) is 30.2 Å². The summed E-state index contributed by atoms with van der Waals surface area (Å²) in [6.45, 7) is 2.66. The fraction of sp³-hybridized carbons (Fsp3) is 0.160. The summed E-state index contributed by atoms with van der Waals surface area (Å²) in [4.78, 5) is 17.1. The van der Waals surface area contributed by atoms with E-state index >= 15 is 0 Å². The number of benzene rings is 3. The molecule has 0 radical (unpaired) electrons. The molecule has 2 aromatic heterocycles. The molecule has 0 bridgehead atoms. The quantitative estimate of drug-likeness (QED) is 0.397. The zero-order valence-corrected chi connectivity index (χ0v) is 18.3. The summed E-state index contributed by atoms with van der Waals surface area (Å²) in [5.74, 6) is 1.19. The molecule has 33 heavy (non-hydrogen) atoms. The average Bonchev–Trinajstić information content (AvgIpc) is 3.52. The number of para-hydroxylation sites is 1. The third-order valence-corrected chi connectivity index (χ3v) is 5.70. The van der Waals surface area contributed by atoms with Crippen molar-refractivity contribution in [3.63, 3.8) is 0 Å². The summed E-state index contributed by atoms with van der Waals surface area (Å²) in [5.41, 5.74) is 6.26. The second-order valence-electron chi connectivity index (χ2n) is 7.62. The minimum atomic E-state index is -0.363. The van der Waals surface area contributed by atoms with Gasteiger partial charge in [0.25, 0.3) is 0 Å². The van der Waals surface area contributed by atoms with Crippen LogP contribution in [0.2, 0.25) is 0 Å². The van der Waals surface area contributed by atoms with E-state index in [4.69, 9.17) is 9.72 Å². The Hall–Kier alpha value is -4.33. The highest BCUT2D eigenvalue weighted by molar-refractivity contribution is 6.02. The van der Waals surface area contributed by atoms with Gasteiger partial charge < -0.3 is 9.30 Å². The maximum Gasteiger partial charge on any atom is 0.340 e. The number of aromatic amines is 1. The van der Waals surface area contributed by atoms with Gasteiger partial charge in [0.2, 0.25) is 0 Å². The molecule has 3 aromatic carbocycles. The second-order valence-corrected chi connectivity index (χ2v) is 7.62. The van der Waals surface area contributed by atoms with Crippen LogP contribution in [-0.4, -0.2) is 43.3 Å². The number of imidazole rings is 1. The highest BCUT2D eigenvalue weighted by atomic mass is 16.5. The first-order valence-electron chi connectivity index (χ1n) is 10.7. The van der Waals surface area contributed by atoms with Crippen molar-refractivity contribution >= 4 is 17.0 Å². The van der Waals surface area contributed by atoms with Crippen molar-refractivity contribution in [1.29, 1.82) is 0 Å². The van der Waals surface area contributed by atoms with Crippen LogP contribution in [0.3, 0.4) is 0 Å². The van der Waals surface area contributed by atoms with Gasteiger partial charge in [0.15, 0.2) is 5.82 Å². The molecule has 8 nitrogen and oxygen atoms in total. The van der Waals surface area contributed by atoms with Gasteiger partial charge in [-0.1, -0.05) is 61.5 Å². The van der Waals surface area contributed by atoms with Gasteiger partial charge in [0, 0.05) is 18.5 Å². The lowest BCUT2D eigenvalue weighted by Crippen LogP contribution is -2.09. The number of fused-ring (bicyclic) bond motifs is 1. The molecule has 0 aliphatic carbocycles. The number of H-pyrrole nitrogens is 1. The van der Waals surface area contributed by atoms with E-state index in [2.05, 4.69) is 56.4 Å². The Morgan fingerprint density at radius 3 is 2.48 bits per heavy atom. The Balaban J connectivity index is 1.52. The van der Waals surface area contributed by atoms with Crippen LogP contribution in [0.25, 0.3) is 33.5 Å². The monoisotopic (exact) mass is 438 g/mol. The number of aryl methyl sites for hydroxylation is 1. The largest absolute Gasteiger partial charge is 0.465 e. The SMILES string of the molecule is CCc1nc2cccc(C(=O)OC)c2n1Cc1ccc(-c2ccccc2-c2nnn[nH]2)cc1. The summed E-state index contributed by atoms with van der Waals surface area (Å²) in [6.07, 6.45) is 0.756. The van der Waals surface area contributed by atoms with Gasteiger partial charge in [0.1, 0.15) is 5.82 Å². The van der Waals surface area contributed by atoms with Crippen LogP contribution in [0.4, 0.5) is 0 Å². The van der Waals surface area contributed by atoms with Gasteiger partial charge in [-0.3, -0.25) is 0 Å². The molecule has 0 saturated heterocycles. The number of methoxy groups -OCH3 is 1. The number of nitrogens with one attached hydrogen (secondary N) is 1. The minimum absolute atomic E-state index is 0.363.